The van der Waals surface area contributed by atoms with Crippen LogP contribution in [0.3, 0.4) is 0 Å². The number of nitrogens with one attached hydrogen (secondary N) is 1. The first-order chi connectivity index (χ1) is 12.6. The molecule has 142 valence electrons. The van der Waals surface area contributed by atoms with Crippen LogP contribution in [-0.2, 0) is 11.0 Å². The molecule has 0 bridgehead atoms. The number of aryl methyl sites for hydroxylation is 2. The number of thioether (sulfide) groups is 1. The number of alkyl halides is 3. The van der Waals surface area contributed by atoms with E-state index in [1.807, 2.05) is 19.9 Å². The Hall–Kier alpha value is -2.62. The van der Waals surface area contributed by atoms with E-state index in [0.717, 1.165) is 35.3 Å². The number of halogens is 3. The molecule has 6 nitrogen and oxygen atoms in total. The molecule has 1 aromatic carbocycles. The van der Waals surface area contributed by atoms with Crippen LogP contribution in [0.4, 0.5) is 18.9 Å². The minimum atomic E-state index is -4.41. The Morgan fingerprint density at radius 1 is 1.19 bits per heavy atom. The Labute approximate surface area is 157 Å². The van der Waals surface area contributed by atoms with Crippen molar-refractivity contribution >= 4 is 29.1 Å². The van der Waals surface area contributed by atoms with E-state index in [-0.39, 0.29) is 11.6 Å². The molecule has 0 aliphatic rings. The van der Waals surface area contributed by atoms with Crippen molar-refractivity contribution in [2.24, 2.45) is 0 Å². The largest absolute Gasteiger partial charge is 0.416 e. The number of hydrogen-bond acceptors (Lipinski definition) is 5. The lowest BCUT2D eigenvalue weighted by Gasteiger charge is -2.11. The molecular formula is C17H16F3N5OS. The first-order valence-electron chi connectivity index (χ1n) is 7.99. The zero-order valence-electron chi connectivity index (χ0n) is 14.7. The van der Waals surface area contributed by atoms with Crippen molar-refractivity contribution in [2.45, 2.75) is 37.4 Å². The van der Waals surface area contributed by atoms with Crippen molar-refractivity contribution < 1.29 is 18.0 Å². The highest BCUT2D eigenvalue weighted by molar-refractivity contribution is 8.00. The van der Waals surface area contributed by atoms with Gasteiger partial charge in [-0.3, -0.25) is 4.79 Å². The Morgan fingerprint density at radius 2 is 1.85 bits per heavy atom. The SMILES string of the molecule is Cc1cc(C)n2nc(S[C@H](C)C(=O)Nc3ccc(C(F)(F)F)cc3)nc2n1. The average Bonchev–Trinajstić information content (AvgIpc) is 2.97. The number of fused-ring (bicyclic) bond motifs is 1. The molecule has 2 aromatic heterocycles. The van der Waals surface area contributed by atoms with Gasteiger partial charge in [-0.15, -0.1) is 5.10 Å². The Balaban J connectivity index is 1.68. The smallest absolute Gasteiger partial charge is 0.325 e. The second-order valence-electron chi connectivity index (χ2n) is 5.97. The number of amides is 1. The van der Waals surface area contributed by atoms with E-state index in [0.29, 0.717) is 10.9 Å². The number of aromatic nitrogens is 4. The molecule has 0 fully saturated rings. The number of benzene rings is 1. The van der Waals surface area contributed by atoms with Crippen LogP contribution in [0.5, 0.6) is 0 Å². The summed E-state index contributed by atoms with van der Waals surface area (Å²) < 4.78 is 39.3. The predicted molar refractivity (Wildman–Crippen MR) is 95.6 cm³/mol. The predicted octanol–water partition coefficient (Wildman–Crippen LogP) is 3.88. The number of nitrogens with zero attached hydrogens (tertiary/aromatic N) is 4. The van der Waals surface area contributed by atoms with Gasteiger partial charge in [0.1, 0.15) is 0 Å². The van der Waals surface area contributed by atoms with Gasteiger partial charge >= 0.3 is 6.18 Å². The highest BCUT2D eigenvalue weighted by atomic mass is 32.2. The van der Waals surface area contributed by atoms with Crippen LogP contribution in [0, 0.1) is 13.8 Å². The fraction of sp³-hybridized carbons (Fsp3) is 0.294. The number of rotatable bonds is 4. The van der Waals surface area contributed by atoms with Gasteiger partial charge in [-0.2, -0.15) is 18.2 Å². The molecule has 3 rings (SSSR count). The standard InChI is InChI=1S/C17H16F3N5OS/c1-9-8-10(2)25-15(21-9)23-16(24-25)27-11(3)14(26)22-13-6-4-12(5-7-13)17(18,19)20/h4-8,11H,1-3H3,(H,22,26)/t11-/m1/s1. The van der Waals surface area contributed by atoms with Gasteiger partial charge in [-0.1, -0.05) is 11.8 Å². The minimum Gasteiger partial charge on any atom is -0.325 e. The maximum absolute atomic E-state index is 12.6. The Bertz CT molecular complexity index is 985. The zero-order valence-corrected chi connectivity index (χ0v) is 15.5. The van der Waals surface area contributed by atoms with E-state index in [1.165, 1.54) is 12.1 Å². The molecular weight excluding hydrogens is 379 g/mol. The van der Waals surface area contributed by atoms with Gasteiger partial charge in [-0.25, -0.2) is 9.50 Å². The Kier molecular flexibility index (Phi) is 5.09. The number of anilines is 1. The Morgan fingerprint density at radius 3 is 2.48 bits per heavy atom. The number of hydrogen-bond donors (Lipinski definition) is 1. The lowest BCUT2D eigenvalue weighted by atomic mass is 10.2. The van der Waals surface area contributed by atoms with E-state index in [4.69, 9.17) is 0 Å². The molecule has 1 N–H and O–H groups in total. The first-order valence-corrected chi connectivity index (χ1v) is 8.87. The van der Waals surface area contributed by atoms with Crippen LogP contribution in [0.15, 0.2) is 35.5 Å². The van der Waals surface area contributed by atoms with Crippen LogP contribution in [0.1, 0.15) is 23.9 Å². The van der Waals surface area contributed by atoms with Crippen molar-refractivity contribution in [1.82, 2.24) is 19.6 Å². The topological polar surface area (TPSA) is 72.2 Å². The summed E-state index contributed by atoms with van der Waals surface area (Å²) >= 11 is 1.14. The number of carbonyl (C=O) groups excluding carboxylic acids is 1. The fourth-order valence-corrected chi connectivity index (χ4v) is 3.14. The molecule has 3 aromatic rings. The summed E-state index contributed by atoms with van der Waals surface area (Å²) in [5.74, 6) is 0.0878. The van der Waals surface area contributed by atoms with Gasteiger partial charge in [0.15, 0.2) is 0 Å². The summed E-state index contributed by atoms with van der Waals surface area (Å²) in [6.45, 7) is 5.40. The maximum Gasteiger partial charge on any atom is 0.416 e. The molecule has 1 atom stereocenters. The number of carbonyl (C=O) groups is 1. The van der Waals surface area contributed by atoms with Crippen molar-refractivity contribution in [1.29, 1.82) is 0 Å². The highest BCUT2D eigenvalue weighted by Crippen LogP contribution is 2.30. The zero-order chi connectivity index (χ0) is 19.8. The minimum absolute atomic E-state index is 0.288. The van der Waals surface area contributed by atoms with Crippen LogP contribution < -0.4 is 5.32 Å². The third-order valence-corrected chi connectivity index (χ3v) is 4.68. The summed E-state index contributed by atoms with van der Waals surface area (Å²) in [6.07, 6.45) is -4.41. The quantitative estimate of drug-likeness (QED) is 0.679. The van der Waals surface area contributed by atoms with Crippen molar-refractivity contribution in [3.63, 3.8) is 0 Å². The van der Waals surface area contributed by atoms with Gasteiger partial charge in [-0.05, 0) is 51.1 Å². The lowest BCUT2D eigenvalue weighted by Crippen LogP contribution is -2.22. The monoisotopic (exact) mass is 395 g/mol. The van der Waals surface area contributed by atoms with Crippen LogP contribution in [0.2, 0.25) is 0 Å². The molecule has 2 heterocycles. The van der Waals surface area contributed by atoms with Crippen LogP contribution in [-0.4, -0.2) is 30.7 Å². The van der Waals surface area contributed by atoms with Gasteiger partial charge < -0.3 is 5.32 Å². The summed E-state index contributed by atoms with van der Waals surface area (Å²) in [5.41, 5.74) is 1.21. The van der Waals surface area contributed by atoms with E-state index < -0.39 is 17.0 Å². The molecule has 0 radical (unpaired) electrons. The molecule has 0 aliphatic heterocycles. The molecule has 0 aliphatic carbocycles. The molecule has 1 amide bonds. The third kappa shape index (κ3) is 4.38. The second kappa shape index (κ2) is 7.18. The van der Waals surface area contributed by atoms with Crippen molar-refractivity contribution in [3.8, 4) is 0 Å². The summed E-state index contributed by atoms with van der Waals surface area (Å²) in [7, 11) is 0. The van der Waals surface area contributed by atoms with E-state index in [2.05, 4.69) is 20.4 Å². The van der Waals surface area contributed by atoms with Crippen molar-refractivity contribution in [3.05, 3.63) is 47.3 Å². The van der Waals surface area contributed by atoms with Gasteiger partial charge in [0, 0.05) is 17.1 Å². The van der Waals surface area contributed by atoms with Crippen molar-refractivity contribution in [2.75, 3.05) is 5.32 Å². The van der Waals surface area contributed by atoms with Crippen LogP contribution in [0.25, 0.3) is 5.78 Å². The van der Waals surface area contributed by atoms with Gasteiger partial charge in [0.25, 0.3) is 5.78 Å². The first kappa shape index (κ1) is 19.2. The molecule has 27 heavy (non-hydrogen) atoms. The normalized spacial score (nSPS) is 13.0. The lowest BCUT2D eigenvalue weighted by molar-refractivity contribution is -0.137. The maximum atomic E-state index is 12.6. The molecule has 0 saturated heterocycles. The molecule has 0 spiro atoms. The second-order valence-corrected chi connectivity index (χ2v) is 7.28. The summed E-state index contributed by atoms with van der Waals surface area (Å²) in [5, 5.41) is 6.76. The van der Waals surface area contributed by atoms with Crippen LogP contribution >= 0.6 is 11.8 Å². The average molecular weight is 395 g/mol. The molecule has 0 saturated carbocycles. The van der Waals surface area contributed by atoms with E-state index in [9.17, 15) is 18.0 Å². The summed E-state index contributed by atoms with van der Waals surface area (Å²) in [4.78, 5) is 20.9. The third-order valence-electron chi connectivity index (χ3n) is 3.73. The van der Waals surface area contributed by atoms with E-state index in [1.54, 1.807) is 11.4 Å². The van der Waals surface area contributed by atoms with E-state index >= 15 is 0 Å². The molecule has 0 unspecified atom stereocenters. The molecule has 10 heteroatoms. The fourth-order valence-electron chi connectivity index (χ4n) is 2.40. The summed E-state index contributed by atoms with van der Waals surface area (Å²) in [6, 6.07) is 6.16. The highest BCUT2D eigenvalue weighted by Gasteiger charge is 2.30. The van der Waals surface area contributed by atoms with Gasteiger partial charge in [0.05, 0.1) is 10.8 Å². The van der Waals surface area contributed by atoms with Gasteiger partial charge in [0.2, 0.25) is 11.1 Å².